The van der Waals surface area contributed by atoms with Crippen LogP contribution >= 0.6 is 11.8 Å². The van der Waals surface area contributed by atoms with E-state index in [2.05, 4.69) is 30.9 Å². The largest absolute Gasteiger partial charge is 0.313 e. The second kappa shape index (κ2) is 13.0. The quantitative estimate of drug-likeness (QED) is 0.458. The van der Waals surface area contributed by atoms with E-state index in [-0.39, 0.29) is 0 Å². The third-order valence-electron chi connectivity index (χ3n) is 4.48. The van der Waals surface area contributed by atoms with Crippen molar-refractivity contribution >= 4 is 11.8 Å². The molecule has 1 aliphatic carbocycles. The van der Waals surface area contributed by atoms with E-state index < -0.39 is 0 Å². The molecule has 0 amide bonds. The summed E-state index contributed by atoms with van der Waals surface area (Å²) in [7, 11) is 0. The van der Waals surface area contributed by atoms with E-state index in [9.17, 15) is 0 Å². The first-order valence-electron chi connectivity index (χ1n) is 9.21. The average Bonchev–Trinajstić information content (AvgIpc) is 2.49. The first kappa shape index (κ1) is 18.4. The van der Waals surface area contributed by atoms with Gasteiger partial charge in [0.1, 0.15) is 0 Å². The fourth-order valence-corrected chi connectivity index (χ4v) is 4.64. The van der Waals surface area contributed by atoms with Crippen LogP contribution in [0.15, 0.2) is 0 Å². The van der Waals surface area contributed by atoms with Gasteiger partial charge in [0.05, 0.1) is 0 Å². The van der Waals surface area contributed by atoms with E-state index in [4.69, 9.17) is 0 Å². The van der Waals surface area contributed by atoms with Crippen molar-refractivity contribution in [1.29, 1.82) is 0 Å². The van der Waals surface area contributed by atoms with Gasteiger partial charge >= 0.3 is 0 Å². The van der Waals surface area contributed by atoms with Crippen LogP contribution in [0, 0.1) is 0 Å². The number of unbranched alkanes of at least 4 members (excludes halogenated alkanes) is 5. The predicted molar refractivity (Wildman–Crippen MR) is 94.8 cm³/mol. The van der Waals surface area contributed by atoms with Crippen LogP contribution in [0.2, 0.25) is 0 Å². The molecule has 0 aromatic heterocycles. The first-order valence-corrected chi connectivity index (χ1v) is 10.3. The molecule has 1 unspecified atom stereocenters. The Morgan fingerprint density at radius 3 is 2.35 bits per heavy atom. The highest BCUT2D eigenvalue weighted by Crippen LogP contribution is 2.29. The van der Waals surface area contributed by atoms with E-state index >= 15 is 0 Å². The van der Waals surface area contributed by atoms with Gasteiger partial charge in [-0.25, -0.2) is 0 Å². The van der Waals surface area contributed by atoms with Gasteiger partial charge in [-0.15, -0.1) is 0 Å². The standard InChI is InChI=1S/C18H37NS/c1-3-5-6-7-8-10-13-17(19-4-2)16-20-18-14-11-9-12-15-18/h17-19H,3-16H2,1-2H3. The van der Waals surface area contributed by atoms with Crippen LogP contribution in [-0.4, -0.2) is 23.6 Å². The van der Waals surface area contributed by atoms with Gasteiger partial charge in [-0.2, -0.15) is 11.8 Å². The van der Waals surface area contributed by atoms with Crippen LogP contribution in [0.3, 0.4) is 0 Å². The Hall–Kier alpha value is 0.310. The summed E-state index contributed by atoms with van der Waals surface area (Å²) in [5.41, 5.74) is 0. The van der Waals surface area contributed by atoms with Gasteiger partial charge in [-0.05, 0) is 25.8 Å². The molecule has 0 aromatic rings. The minimum Gasteiger partial charge on any atom is -0.313 e. The maximum atomic E-state index is 3.70. The van der Waals surface area contributed by atoms with Crippen LogP contribution < -0.4 is 5.32 Å². The molecule has 1 aliphatic rings. The van der Waals surface area contributed by atoms with Gasteiger partial charge in [-0.3, -0.25) is 0 Å². The second-order valence-corrected chi connectivity index (χ2v) is 7.74. The van der Waals surface area contributed by atoms with Crippen LogP contribution in [0.1, 0.15) is 90.9 Å². The molecule has 1 atom stereocenters. The molecule has 1 saturated carbocycles. The van der Waals surface area contributed by atoms with Crippen molar-refractivity contribution in [2.24, 2.45) is 0 Å². The van der Waals surface area contributed by atoms with Gasteiger partial charge < -0.3 is 5.32 Å². The van der Waals surface area contributed by atoms with Gasteiger partial charge in [0.2, 0.25) is 0 Å². The highest BCUT2D eigenvalue weighted by molar-refractivity contribution is 7.99. The fraction of sp³-hybridized carbons (Fsp3) is 1.00. The van der Waals surface area contributed by atoms with Crippen molar-refractivity contribution in [3.63, 3.8) is 0 Å². The number of hydrogen-bond donors (Lipinski definition) is 1. The molecule has 120 valence electrons. The molecule has 0 heterocycles. The van der Waals surface area contributed by atoms with Crippen molar-refractivity contribution in [2.45, 2.75) is 102 Å². The van der Waals surface area contributed by atoms with E-state index in [0.717, 1.165) is 17.8 Å². The van der Waals surface area contributed by atoms with Crippen molar-refractivity contribution in [3.8, 4) is 0 Å². The second-order valence-electron chi connectivity index (χ2n) is 6.40. The molecule has 0 radical (unpaired) electrons. The maximum Gasteiger partial charge on any atom is 0.0158 e. The number of thioether (sulfide) groups is 1. The average molecular weight is 300 g/mol. The number of nitrogens with one attached hydrogen (secondary N) is 1. The predicted octanol–water partition coefficient (Wildman–Crippen LogP) is 5.78. The van der Waals surface area contributed by atoms with Crippen molar-refractivity contribution in [2.75, 3.05) is 12.3 Å². The van der Waals surface area contributed by atoms with Crippen LogP contribution in [-0.2, 0) is 0 Å². The molecule has 1 N–H and O–H groups in total. The summed E-state index contributed by atoms with van der Waals surface area (Å²) < 4.78 is 0. The highest BCUT2D eigenvalue weighted by atomic mass is 32.2. The van der Waals surface area contributed by atoms with Gasteiger partial charge in [-0.1, -0.05) is 71.6 Å². The summed E-state index contributed by atoms with van der Waals surface area (Å²) in [6.45, 7) is 5.68. The minimum absolute atomic E-state index is 0.762. The molecular formula is C18H37NS. The van der Waals surface area contributed by atoms with Gasteiger partial charge in [0.15, 0.2) is 0 Å². The van der Waals surface area contributed by atoms with Crippen molar-refractivity contribution in [3.05, 3.63) is 0 Å². The zero-order valence-electron chi connectivity index (χ0n) is 14.0. The molecule has 1 fully saturated rings. The van der Waals surface area contributed by atoms with Crippen molar-refractivity contribution in [1.82, 2.24) is 5.32 Å². The third kappa shape index (κ3) is 9.28. The summed E-state index contributed by atoms with van der Waals surface area (Å²) in [5, 5.41) is 4.67. The Bertz CT molecular complexity index is 202. The normalized spacial score (nSPS) is 18.3. The summed E-state index contributed by atoms with van der Waals surface area (Å²) in [5.74, 6) is 1.34. The van der Waals surface area contributed by atoms with Crippen LogP contribution in [0.25, 0.3) is 0 Å². The lowest BCUT2D eigenvalue weighted by atomic mass is 10.0. The summed E-state index contributed by atoms with van der Waals surface area (Å²) in [4.78, 5) is 0. The summed E-state index contributed by atoms with van der Waals surface area (Å²) in [6.07, 6.45) is 17.3. The number of hydrogen-bond acceptors (Lipinski definition) is 2. The SMILES string of the molecule is CCCCCCCCC(CSC1CCCCC1)NCC. The third-order valence-corrected chi connectivity index (χ3v) is 6.02. The first-order chi connectivity index (χ1) is 9.86. The smallest absolute Gasteiger partial charge is 0.0158 e. The van der Waals surface area contributed by atoms with E-state index in [1.54, 1.807) is 0 Å². The Balaban J connectivity index is 2.05. The van der Waals surface area contributed by atoms with Gasteiger partial charge in [0.25, 0.3) is 0 Å². The Kier molecular flexibility index (Phi) is 11.9. The summed E-state index contributed by atoms with van der Waals surface area (Å²) >= 11 is 2.25. The molecule has 0 aromatic carbocycles. The lowest BCUT2D eigenvalue weighted by molar-refractivity contribution is 0.489. The van der Waals surface area contributed by atoms with Gasteiger partial charge in [0, 0.05) is 17.0 Å². The zero-order chi connectivity index (χ0) is 14.5. The van der Waals surface area contributed by atoms with E-state index in [0.29, 0.717) is 0 Å². The lowest BCUT2D eigenvalue weighted by Gasteiger charge is -2.24. The van der Waals surface area contributed by atoms with E-state index in [1.165, 1.54) is 82.8 Å². The molecule has 0 saturated heterocycles. The van der Waals surface area contributed by atoms with E-state index in [1.807, 2.05) is 0 Å². The molecular weight excluding hydrogens is 262 g/mol. The monoisotopic (exact) mass is 299 g/mol. The Labute approximate surface area is 132 Å². The summed E-state index contributed by atoms with van der Waals surface area (Å²) in [6, 6.07) is 0.762. The maximum absolute atomic E-state index is 3.70. The molecule has 1 nitrogen and oxygen atoms in total. The molecule has 2 heteroatoms. The van der Waals surface area contributed by atoms with Crippen LogP contribution in [0.5, 0.6) is 0 Å². The fourth-order valence-electron chi connectivity index (χ4n) is 3.19. The van der Waals surface area contributed by atoms with Crippen molar-refractivity contribution < 1.29 is 0 Å². The molecule has 20 heavy (non-hydrogen) atoms. The Morgan fingerprint density at radius 2 is 1.65 bits per heavy atom. The zero-order valence-corrected chi connectivity index (χ0v) is 14.8. The highest BCUT2D eigenvalue weighted by Gasteiger charge is 2.16. The lowest BCUT2D eigenvalue weighted by Crippen LogP contribution is -2.32. The topological polar surface area (TPSA) is 12.0 Å². The molecule has 0 spiro atoms. The number of rotatable bonds is 12. The molecule has 1 rings (SSSR count). The molecule has 0 bridgehead atoms. The Morgan fingerprint density at radius 1 is 0.950 bits per heavy atom. The van der Waals surface area contributed by atoms with Crippen LogP contribution in [0.4, 0.5) is 0 Å². The minimum atomic E-state index is 0.762. The molecule has 0 aliphatic heterocycles.